The predicted molar refractivity (Wildman–Crippen MR) is 75.9 cm³/mol. The summed E-state index contributed by atoms with van der Waals surface area (Å²) in [7, 11) is 6.01. The van der Waals surface area contributed by atoms with Gasteiger partial charge in [-0.15, -0.1) is 0 Å². The maximum atomic E-state index is 4.61. The van der Waals surface area contributed by atoms with Gasteiger partial charge in [-0.1, -0.05) is 0 Å². The minimum atomic E-state index is 0.790. The predicted octanol–water partition coefficient (Wildman–Crippen LogP) is 2.17. The van der Waals surface area contributed by atoms with Crippen LogP contribution in [0.4, 0.5) is 5.69 Å². The Balaban J connectivity index is 2.28. The van der Waals surface area contributed by atoms with Gasteiger partial charge < -0.3 is 15.2 Å². The minimum absolute atomic E-state index is 0.790. The molecular weight excluding hydrogens is 224 g/mol. The molecule has 0 bridgehead atoms. The molecule has 2 N–H and O–H groups in total. The normalized spacial score (nSPS) is 10.7. The van der Waals surface area contributed by atoms with Gasteiger partial charge in [-0.05, 0) is 38.2 Å². The lowest BCUT2D eigenvalue weighted by Crippen LogP contribution is -2.08. The van der Waals surface area contributed by atoms with E-state index in [1.54, 1.807) is 0 Å². The lowest BCUT2D eigenvalue weighted by atomic mass is 10.2. The summed E-state index contributed by atoms with van der Waals surface area (Å²) in [5.74, 6) is 0.933. The van der Waals surface area contributed by atoms with Crippen LogP contribution in [0.3, 0.4) is 0 Å². The van der Waals surface area contributed by atoms with Crippen LogP contribution in [0.5, 0.6) is 0 Å². The second kappa shape index (κ2) is 5.23. The third-order valence-electron chi connectivity index (χ3n) is 2.99. The summed E-state index contributed by atoms with van der Waals surface area (Å²) in [4.78, 5) is 10.0. The Morgan fingerprint density at radius 3 is 2.44 bits per heavy atom. The number of aromatic nitrogens is 2. The molecule has 0 saturated carbocycles. The van der Waals surface area contributed by atoms with E-state index < -0.39 is 0 Å². The molecule has 0 atom stereocenters. The van der Waals surface area contributed by atoms with Gasteiger partial charge in [0.05, 0.1) is 5.69 Å². The summed E-state index contributed by atoms with van der Waals surface area (Å²) in [6, 6.07) is 8.39. The van der Waals surface area contributed by atoms with E-state index >= 15 is 0 Å². The first-order valence-corrected chi connectivity index (χ1v) is 6.09. The fourth-order valence-electron chi connectivity index (χ4n) is 1.89. The molecular formula is C14H20N4. The summed E-state index contributed by atoms with van der Waals surface area (Å²) >= 11 is 0. The Labute approximate surface area is 108 Å². The van der Waals surface area contributed by atoms with Gasteiger partial charge in [-0.25, -0.2) is 4.98 Å². The summed E-state index contributed by atoms with van der Waals surface area (Å²) in [5, 5.41) is 3.12. The zero-order chi connectivity index (χ0) is 13.1. The van der Waals surface area contributed by atoms with E-state index in [-0.39, 0.29) is 0 Å². The number of nitrogens with zero attached hydrogens (tertiary/aromatic N) is 2. The Morgan fingerprint density at radius 2 is 1.89 bits per heavy atom. The van der Waals surface area contributed by atoms with Gasteiger partial charge in [0.2, 0.25) is 0 Å². The molecule has 0 saturated heterocycles. The number of hydrogen-bond acceptors (Lipinski definition) is 3. The van der Waals surface area contributed by atoms with E-state index in [0.29, 0.717) is 0 Å². The van der Waals surface area contributed by atoms with Gasteiger partial charge >= 0.3 is 0 Å². The van der Waals surface area contributed by atoms with E-state index in [0.717, 1.165) is 29.3 Å². The SMILES string of the molecule is CNCc1nc(-c2ccc(N(C)C)cc2)[nH]c1C. The van der Waals surface area contributed by atoms with Crippen LogP contribution < -0.4 is 10.2 Å². The monoisotopic (exact) mass is 244 g/mol. The number of rotatable bonds is 4. The standard InChI is InChI=1S/C14H20N4/c1-10-13(9-15-2)17-14(16-10)11-5-7-12(8-6-11)18(3)4/h5-8,15H,9H2,1-4H3,(H,16,17). The van der Waals surface area contributed by atoms with E-state index in [1.165, 1.54) is 5.69 Å². The molecule has 18 heavy (non-hydrogen) atoms. The van der Waals surface area contributed by atoms with Crippen molar-refractivity contribution in [3.05, 3.63) is 35.7 Å². The van der Waals surface area contributed by atoms with Gasteiger partial charge in [-0.3, -0.25) is 0 Å². The highest BCUT2D eigenvalue weighted by Crippen LogP contribution is 2.21. The largest absolute Gasteiger partial charge is 0.378 e. The van der Waals surface area contributed by atoms with Crippen molar-refractivity contribution < 1.29 is 0 Å². The van der Waals surface area contributed by atoms with Gasteiger partial charge in [0, 0.05) is 37.6 Å². The van der Waals surface area contributed by atoms with Crippen LogP contribution in [-0.4, -0.2) is 31.1 Å². The smallest absolute Gasteiger partial charge is 0.137 e. The molecule has 2 aromatic rings. The van der Waals surface area contributed by atoms with Crippen molar-refractivity contribution in [1.29, 1.82) is 0 Å². The van der Waals surface area contributed by atoms with Crippen molar-refractivity contribution in [2.75, 3.05) is 26.0 Å². The number of benzene rings is 1. The van der Waals surface area contributed by atoms with E-state index in [2.05, 4.69) is 51.4 Å². The van der Waals surface area contributed by atoms with Crippen LogP contribution in [0.15, 0.2) is 24.3 Å². The highest BCUT2D eigenvalue weighted by molar-refractivity contribution is 5.60. The summed E-state index contributed by atoms with van der Waals surface area (Å²) in [6.45, 7) is 2.84. The highest BCUT2D eigenvalue weighted by Gasteiger charge is 2.07. The molecule has 96 valence electrons. The Morgan fingerprint density at radius 1 is 1.22 bits per heavy atom. The zero-order valence-corrected chi connectivity index (χ0v) is 11.4. The number of aryl methyl sites for hydroxylation is 1. The first-order valence-electron chi connectivity index (χ1n) is 6.09. The van der Waals surface area contributed by atoms with Crippen LogP contribution >= 0.6 is 0 Å². The molecule has 0 spiro atoms. The molecule has 0 fully saturated rings. The second-order valence-electron chi connectivity index (χ2n) is 4.63. The molecule has 4 heteroatoms. The van der Waals surface area contributed by atoms with Crippen molar-refractivity contribution in [3.63, 3.8) is 0 Å². The lowest BCUT2D eigenvalue weighted by Gasteiger charge is -2.12. The molecule has 0 aliphatic rings. The van der Waals surface area contributed by atoms with Crippen LogP contribution in [0.1, 0.15) is 11.4 Å². The summed E-state index contributed by atoms with van der Waals surface area (Å²) in [6.07, 6.45) is 0. The van der Waals surface area contributed by atoms with E-state index in [9.17, 15) is 0 Å². The average molecular weight is 244 g/mol. The van der Waals surface area contributed by atoms with Crippen molar-refractivity contribution >= 4 is 5.69 Å². The lowest BCUT2D eigenvalue weighted by molar-refractivity contribution is 0.791. The number of H-pyrrole nitrogens is 1. The van der Waals surface area contributed by atoms with Gasteiger partial charge in [0.25, 0.3) is 0 Å². The number of anilines is 1. The maximum Gasteiger partial charge on any atom is 0.137 e. The number of imidazole rings is 1. The van der Waals surface area contributed by atoms with Crippen LogP contribution in [0.2, 0.25) is 0 Å². The average Bonchev–Trinajstić information content (AvgIpc) is 2.72. The number of nitrogens with one attached hydrogen (secondary N) is 2. The summed E-state index contributed by atoms with van der Waals surface area (Å²) in [5.41, 5.74) is 4.50. The minimum Gasteiger partial charge on any atom is -0.378 e. The van der Waals surface area contributed by atoms with Gasteiger partial charge in [-0.2, -0.15) is 0 Å². The van der Waals surface area contributed by atoms with Crippen LogP contribution in [0.25, 0.3) is 11.4 Å². The molecule has 1 aromatic carbocycles. The number of hydrogen-bond donors (Lipinski definition) is 2. The molecule has 0 unspecified atom stereocenters. The van der Waals surface area contributed by atoms with Crippen molar-refractivity contribution in [1.82, 2.24) is 15.3 Å². The van der Waals surface area contributed by atoms with Crippen molar-refractivity contribution in [2.45, 2.75) is 13.5 Å². The van der Waals surface area contributed by atoms with Crippen LogP contribution in [-0.2, 0) is 6.54 Å². The molecule has 1 aromatic heterocycles. The first kappa shape index (κ1) is 12.6. The Kier molecular flexibility index (Phi) is 3.67. The molecule has 0 aliphatic carbocycles. The van der Waals surface area contributed by atoms with Gasteiger partial charge in [0.1, 0.15) is 5.82 Å². The first-order chi connectivity index (χ1) is 8.61. The van der Waals surface area contributed by atoms with Crippen LogP contribution in [0, 0.1) is 6.92 Å². The molecule has 0 amide bonds. The molecule has 4 nitrogen and oxygen atoms in total. The highest BCUT2D eigenvalue weighted by atomic mass is 15.1. The van der Waals surface area contributed by atoms with E-state index in [1.807, 2.05) is 21.1 Å². The molecule has 1 heterocycles. The fraction of sp³-hybridized carbons (Fsp3) is 0.357. The zero-order valence-electron chi connectivity index (χ0n) is 11.4. The van der Waals surface area contributed by atoms with Crippen molar-refractivity contribution in [3.8, 4) is 11.4 Å². The number of aromatic amines is 1. The topological polar surface area (TPSA) is 44.0 Å². The maximum absolute atomic E-state index is 4.61. The fourth-order valence-corrected chi connectivity index (χ4v) is 1.89. The quantitative estimate of drug-likeness (QED) is 0.866. The molecule has 0 aliphatic heterocycles. The third-order valence-corrected chi connectivity index (χ3v) is 2.99. The second-order valence-corrected chi connectivity index (χ2v) is 4.63. The van der Waals surface area contributed by atoms with E-state index in [4.69, 9.17) is 0 Å². The Hall–Kier alpha value is -1.81. The van der Waals surface area contributed by atoms with Crippen molar-refractivity contribution in [2.24, 2.45) is 0 Å². The molecule has 0 radical (unpaired) electrons. The summed E-state index contributed by atoms with van der Waals surface area (Å²) < 4.78 is 0. The third kappa shape index (κ3) is 2.54. The Bertz CT molecular complexity index is 511. The molecule has 2 rings (SSSR count). The van der Waals surface area contributed by atoms with Gasteiger partial charge in [0.15, 0.2) is 0 Å².